The van der Waals surface area contributed by atoms with Crippen molar-refractivity contribution >= 4 is 40.5 Å². The van der Waals surface area contributed by atoms with E-state index in [-0.39, 0.29) is 0 Å². The van der Waals surface area contributed by atoms with Crippen LogP contribution in [0.1, 0.15) is 39.5 Å². The minimum absolute atomic E-state index is 0.388. The molecule has 1 aromatic rings. The Balaban J connectivity index is 2.52. The van der Waals surface area contributed by atoms with Crippen molar-refractivity contribution in [1.82, 2.24) is 5.43 Å². The van der Waals surface area contributed by atoms with Gasteiger partial charge in [0.1, 0.15) is 0 Å². The molecule has 122 valence electrons. The Morgan fingerprint density at radius 2 is 1.77 bits per heavy atom. The molecule has 1 rings (SSSR count). The van der Waals surface area contributed by atoms with Gasteiger partial charge in [0.15, 0.2) is 5.11 Å². The van der Waals surface area contributed by atoms with Crippen LogP contribution < -0.4 is 10.7 Å². The predicted octanol–water partition coefficient (Wildman–Crippen LogP) is 5.24. The zero-order chi connectivity index (χ0) is 16.4. The molecule has 0 aliphatic rings. The molecule has 1 aromatic carbocycles. The van der Waals surface area contributed by atoms with Crippen molar-refractivity contribution < 1.29 is 8.78 Å². The number of hydrogen-bond acceptors (Lipinski definition) is 3. The van der Waals surface area contributed by atoms with Crippen LogP contribution >= 0.6 is 24.0 Å². The van der Waals surface area contributed by atoms with Crippen LogP contribution in [0.15, 0.2) is 34.3 Å². The van der Waals surface area contributed by atoms with Gasteiger partial charge in [0.05, 0.1) is 0 Å². The Labute approximate surface area is 139 Å². The summed E-state index contributed by atoms with van der Waals surface area (Å²) in [6.07, 6.45) is 3.99. The van der Waals surface area contributed by atoms with Gasteiger partial charge < -0.3 is 5.32 Å². The molecule has 0 heterocycles. The fraction of sp³-hybridized carbons (Fsp3) is 0.467. The van der Waals surface area contributed by atoms with Crippen molar-refractivity contribution in [3.8, 4) is 0 Å². The Morgan fingerprint density at radius 1 is 1.18 bits per heavy atom. The summed E-state index contributed by atoms with van der Waals surface area (Å²) >= 11 is 5.69. The highest BCUT2D eigenvalue weighted by Gasteiger charge is 2.05. The molecule has 0 fully saturated rings. The van der Waals surface area contributed by atoms with E-state index in [4.69, 9.17) is 12.2 Å². The van der Waals surface area contributed by atoms with Gasteiger partial charge in [-0.2, -0.15) is 13.9 Å². The van der Waals surface area contributed by atoms with Gasteiger partial charge in [-0.05, 0) is 49.3 Å². The van der Waals surface area contributed by atoms with E-state index in [1.165, 1.54) is 0 Å². The summed E-state index contributed by atoms with van der Waals surface area (Å²) in [5.74, 6) is -2.41. The number of hydrogen-bond donors (Lipinski definition) is 2. The smallest absolute Gasteiger partial charge is 0.288 e. The number of benzene rings is 1. The van der Waals surface area contributed by atoms with Gasteiger partial charge in [0, 0.05) is 16.3 Å². The first-order valence-electron chi connectivity index (χ1n) is 7.22. The van der Waals surface area contributed by atoms with Gasteiger partial charge >= 0.3 is 0 Å². The van der Waals surface area contributed by atoms with Crippen molar-refractivity contribution in [2.45, 2.75) is 50.2 Å². The monoisotopic (exact) mass is 345 g/mol. The summed E-state index contributed by atoms with van der Waals surface area (Å²) < 4.78 is 24.5. The largest absolute Gasteiger partial charge is 0.331 e. The van der Waals surface area contributed by atoms with Gasteiger partial charge in [-0.25, -0.2) is 0 Å². The molecule has 0 aliphatic carbocycles. The summed E-state index contributed by atoms with van der Waals surface area (Å²) in [4.78, 5) is 0.519. The zero-order valence-corrected chi connectivity index (χ0v) is 14.4. The maximum atomic E-state index is 12.2. The number of anilines is 1. The quantitative estimate of drug-likeness (QED) is 0.292. The van der Waals surface area contributed by atoms with Crippen LogP contribution in [-0.4, -0.2) is 16.6 Å². The van der Waals surface area contributed by atoms with Crippen LogP contribution in [0.5, 0.6) is 0 Å². The number of nitrogens with one attached hydrogen (secondary N) is 2. The van der Waals surface area contributed by atoms with E-state index in [1.807, 2.05) is 0 Å². The third kappa shape index (κ3) is 7.70. The molecule has 0 bridgehead atoms. The first-order valence-corrected chi connectivity index (χ1v) is 8.51. The number of hydrazone groups is 1. The Kier molecular flexibility index (Phi) is 9.00. The van der Waals surface area contributed by atoms with Crippen molar-refractivity contribution in [1.29, 1.82) is 0 Å². The van der Waals surface area contributed by atoms with Crippen molar-refractivity contribution in [2.24, 2.45) is 5.10 Å². The van der Waals surface area contributed by atoms with Crippen molar-refractivity contribution in [3.63, 3.8) is 0 Å². The van der Waals surface area contributed by atoms with E-state index >= 15 is 0 Å². The van der Waals surface area contributed by atoms with Crippen LogP contribution in [-0.2, 0) is 0 Å². The van der Waals surface area contributed by atoms with Crippen LogP contribution in [0, 0.1) is 0 Å². The summed E-state index contributed by atoms with van der Waals surface area (Å²) in [6.45, 7) is 4.22. The standard InChI is InChI=1S/C15H21F2N3S2/c1-3-5-12(6-4-2)19-20-15(21)18-11-7-9-13(10-8-11)22-14(16)17/h7-10,14H,3-6H2,1-2H3,(H2,18,20,21). The topological polar surface area (TPSA) is 36.4 Å². The highest BCUT2D eigenvalue weighted by atomic mass is 32.2. The zero-order valence-electron chi connectivity index (χ0n) is 12.7. The molecular weight excluding hydrogens is 324 g/mol. The molecular formula is C15H21F2N3S2. The van der Waals surface area contributed by atoms with E-state index in [1.54, 1.807) is 24.3 Å². The average molecular weight is 345 g/mol. The molecule has 0 unspecified atom stereocenters. The fourth-order valence-corrected chi connectivity index (χ4v) is 2.48. The van der Waals surface area contributed by atoms with Crippen LogP contribution in [0.2, 0.25) is 0 Å². The summed E-state index contributed by atoms with van der Waals surface area (Å²) in [6, 6.07) is 6.68. The number of nitrogens with zero attached hydrogens (tertiary/aromatic N) is 1. The fourth-order valence-electron chi connectivity index (χ4n) is 1.82. The molecule has 2 N–H and O–H groups in total. The summed E-state index contributed by atoms with van der Waals surface area (Å²) in [5, 5.41) is 7.68. The first kappa shape index (κ1) is 18.8. The molecule has 0 atom stereocenters. The number of alkyl halides is 2. The second-order valence-electron chi connectivity index (χ2n) is 4.65. The van der Waals surface area contributed by atoms with Gasteiger partial charge in [0.25, 0.3) is 5.76 Å². The van der Waals surface area contributed by atoms with Gasteiger partial charge in [-0.3, -0.25) is 5.43 Å². The Morgan fingerprint density at radius 3 is 2.27 bits per heavy atom. The lowest BCUT2D eigenvalue weighted by molar-refractivity contribution is 0.252. The highest BCUT2D eigenvalue weighted by Crippen LogP contribution is 2.26. The minimum Gasteiger partial charge on any atom is -0.331 e. The van der Waals surface area contributed by atoms with E-state index in [0.717, 1.165) is 37.1 Å². The van der Waals surface area contributed by atoms with Crippen LogP contribution in [0.25, 0.3) is 0 Å². The van der Waals surface area contributed by atoms with E-state index in [9.17, 15) is 8.78 Å². The maximum absolute atomic E-state index is 12.2. The van der Waals surface area contributed by atoms with Gasteiger partial charge in [-0.15, -0.1) is 0 Å². The van der Waals surface area contributed by atoms with E-state index in [0.29, 0.717) is 21.8 Å². The molecule has 0 saturated carbocycles. The third-order valence-electron chi connectivity index (χ3n) is 2.73. The predicted molar refractivity (Wildman–Crippen MR) is 94.9 cm³/mol. The first-order chi connectivity index (χ1) is 10.5. The van der Waals surface area contributed by atoms with Crippen LogP contribution in [0.3, 0.4) is 0 Å². The third-order valence-corrected chi connectivity index (χ3v) is 3.65. The lowest BCUT2D eigenvalue weighted by Gasteiger charge is -2.09. The van der Waals surface area contributed by atoms with E-state index < -0.39 is 5.76 Å². The average Bonchev–Trinajstić information content (AvgIpc) is 2.47. The highest BCUT2D eigenvalue weighted by molar-refractivity contribution is 7.99. The molecule has 0 spiro atoms. The van der Waals surface area contributed by atoms with Gasteiger partial charge in [-0.1, -0.05) is 38.5 Å². The summed E-state index contributed by atoms with van der Waals surface area (Å²) in [5.41, 5.74) is 4.66. The second kappa shape index (κ2) is 10.5. The molecule has 0 aromatic heterocycles. The van der Waals surface area contributed by atoms with Gasteiger partial charge in [0.2, 0.25) is 0 Å². The summed E-state index contributed by atoms with van der Waals surface area (Å²) in [7, 11) is 0. The molecule has 0 saturated heterocycles. The molecule has 22 heavy (non-hydrogen) atoms. The molecule has 7 heteroatoms. The van der Waals surface area contributed by atoms with Crippen molar-refractivity contribution in [2.75, 3.05) is 5.32 Å². The van der Waals surface area contributed by atoms with E-state index in [2.05, 4.69) is 29.7 Å². The van der Waals surface area contributed by atoms with Crippen molar-refractivity contribution in [3.05, 3.63) is 24.3 Å². The second-order valence-corrected chi connectivity index (χ2v) is 6.12. The lowest BCUT2D eigenvalue weighted by Crippen LogP contribution is -2.25. The molecule has 0 aliphatic heterocycles. The number of halogens is 2. The number of thioether (sulfide) groups is 1. The molecule has 3 nitrogen and oxygen atoms in total. The Hall–Kier alpha value is -1.21. The molecule has 0 radical (unpaired) electrons. The number of rotatable bonds is 8. The normalized spacial score (nSPS) is 10.4. The lowest BCUT2D eigenvalue weighted by atomic mass is 10.1. The molecule has 0 amide bonds. The van der Waals surface area contributed by atoms with Crippen LogP contribution in [0.4, 0.5) is 14.5 Å². The Bertz CT molecular complexity index is 482. The number of thiocarbonyl (C=S) groups is 1. The minimum atomic E-state index is -2.41. The maximum Gasteiger partial charge on any atom is 0.288 e. The SMILES string of the molecule is CCCC(CCC)=NNC(=S)Nc1ccc(SC(F)F)cc1.